The number of hydrogen-bond donors (Lipinski definition) is 0. The van der Waals surface area contributed by atoms with Crippen LogP contribution in [-0.2, 0) is 0 Å². The van der Waals surface area contributed by atoms with Crippen LogP contribution in [0.3, 0.4) is 0 Å². The van der Waals surface area contributed by atoms with Gasteiger partial charge in [-0.3, -0.25) is 0 Å². The number of anilines is 6. The average molecular weight is 1300 g/mol. The van der Waals surface area contributed by atoms with Crippen LogP contribution < -0.4 is 9.80 Å². The number of rotatable bonds is 15. The number of benzene rings is 15. The summed E-state index contributed by atoms with van der Waals surface area (Å²) in [6.07, 6.45) is 0. The van der Waals surface area contributed by atoms with Crippen LogP contribution in [0.4, 0.5) is 34.1 Å². The van der Waals surface area contributed by atoms with Crippen molar-refractivity contribution in [2.24, 2.45) is 0 Å². The maximum Gasteiger partial charge on any atom is 0.164 e. The van der Waals surface area contributed by atoms with Crippen molar-refractivity contribution >= 4 is 77.7 Å². The molecule has 0 aliphatic carbocycles. The number of nitriles is 1. The molecule has 102 heavy (non-hydrogen) atoms. The van der Waals surface area contributed by atoms with Gasteiger partial charge in [-0.25, -0.2) is 15.0 Å². The van der Waals surface area contributed by atoms with Gasteiger partial charge in [0.05, 0.1) is 33.7 Å². The van der Waals surface area contributed by atoms with Gasteiger partial charge in [0, 0.05) is 89.3 Å². The van der Waals surface area contributed by atoms with Crippen molar-refractivity contribution in [3.8, 4) is 96.1 Å². The first-order valence-electron chi connectivity index (χ1n) is 34.3. The molecule has 0 spiro atoms. The van der Waals surface area contributed by atoms with E-state index in [9.17, 15) is 5.26 Å². The van der Waals surface area contributed by atoms with Crippen LogP contribution in [0, 0.1) is 11.3 Å². The molecule has 18 aromatic rings. The van der Waals surface area contributed by atoms with E-state index in [4.69, 9.17) is 15.0 Å². The molecule has 0 saturated carbocycles. The number of para-hydroxylation sites is 6. The first-order valence-corrected chi connectivity index (χ1v) is 34.3. The molecular formula is C94H62N8. The number of aromatic nitrogens is 5. The van der Waals surface area contributed by atoms with E-state index in [0.29, 0.717) is 28.6 Å². The second kappa shape index (κ2) is 26.1. The van der Waals surface area contributed by atoms with E-state index < -0.39 is 0 Å². The maximum absolute atomic E-state index is 11.3. The van der Waals surface area contributed by atoms with Gasteiger partial charge in [0.1, 0.15) is 0 Å². The van der Waals surface area contributed by atoms with E-state index in [0.717, 1.165) is 145 Å². The van der Waals surface area contributed by atoms with Crippen molar-refractivity contribution in [1.82, 2.24) is 24.1 Å². The molecule has 8 heteroatoms. The van der Waals surface area contributed by atoms with E-state index in [1.165, 1.54) is 0 Å². The maximum atomic E-state index is 11.3. The van der Waals surface area contributed by atoms with E-state index in [2.05, 4.69) is 334 Å². The van der Waals surface area contributed by atoms with Crippen molar-refractivity contribution in [3.05, 3.63) is 382 Å². The zero-order chi connectivity index (χ0) is 67.9. The fourth-order valence-corrected chi connectivity index (χ4v) is 14.5. The second-order valence-electron chi connectivity index (χ2n) is 25.5. The third-order valence-corrected chi connectivity index (χ3v) is 19.4. The molecule has 0 amide bonds. The van der Waals surface area contributed by atoms with Crippen molar-refractivity contribution in [3.63, 3.8) is 0 Å². The Labute approximate surface area is 591 Å². The lowest BCUT2D eigenvalue weighted by molar-refractivity contribution is 1.07. The Morgan fingerprint density at radius 1 is 0.225 bits per heavy atom. The second-order valence-corrected chi connectivity index (χ2v) is 25.5. The number of nitrogens with zero attached hydrogens (tertiary/aromatic N) is 8. The standard InChI is InChI=1S/C94H62N8/c95-63-72-61-87(94-97-92(68-23-7-1-8-24-68)96-93(98-94)69-25-9-2-10-26-69)84(67-45-55-80(56-46-67)102-89-38-22-20-36-82(89)86-60-71(48-58-91(86)102)65-41-51-78(52-42-65)100(75-31-15-5-16-32-75)76-33-17-6-18-34-76)62-83(72)66-43-53-79(54-44-66)101-88-37-21-19-35-81(88)85-59-70(47-57-90(85)101)64-39-49-77(50-40-64)99(73-27-11-3-12-28-73)74-29-13-4-14-30-74/h1-62H. The van der Waals surface area contributed by atoms with Gasteiger partial charge in [0.15, 0.2) is 17.5 Å². The number of hydrogen-bond acceptors (Lipinski definition) is 6. The highest BCUT2D eigenvalue weighted by atomic mass is 15.1. The third kappa shape index (κ3) is 11.2. The van der Waals surface area contributed by atoms with Crippen molar-refractivity contribution in [2.45, 2.75) is 0 Å². The van der Waals surface area contributed by atoms with Crippen LogP contribution in [0.1, 0.15) is 5.56 Å². The molecule has 18 rings (SSSR count). The third-order valence-electron chi connectivity index (χ3n) is 19.4. The Morgan fingerprint density at radius 3 is 0.931 bits per heavy atom. The normalized spacial score (nSPS) is 11.3. The molecule has 3 aromatic heterocycles. The molecule has 0 fully saturated rings. The molecule has 0 atom stereocenters. The lowest BCUT2D eigenvalue weighted by atomic mass is 9.90. The quantitative estimate of drug-likeness (QED) is 0.102. The summed E-state index contributed by atoms with van der Waals surface area (Å²) < 4.78 is 4.70. The minimum atomic E-state index is 0.460. The summed E-state index contributed by atoms with van der Waals surface area (Å²) in [5.74, 6) is 1.53. The van der Waals surface area contributed by atoms with Crippen LogP contribution in [0.5, 0.6) is 0 Å². The van der Waals surface area contributed by atoms with Gasteiger partial charge in [-0.1, -0.05) is 231 Å². The highest BCUT2D eigenvalue weighted by Gasteiger charge is 2.23. The lowest BCUT2D eigenvalue weighted by Crippen LogP contribution is -2.09. The molecule has 8 nitrogen and oxygen atoms in total. The molecule has 0 radical (unpaired) electrons. The Hall–Kier alpha value is -14.0. The smallest absolute Gasteiger partial charge is 0.164 e. The molecule has 0 N–H and O–H groups in total. The summed E-state index contributed by atoms with van der Waals surface area (Å²) in [6, 6.07) is 135. The molecular weight excluding hydrogens is 1240 g/mol. The molecule has 3 heterocycles. The van der Waals surface area contributed by atoms with Crippen molar-refractivity contribution < 1.29 is 0 Å². The Morgan fingerprint density at radius 2 is 0.539 bits per heavy atom. The monoisotopic (exact) mass is 1300 g/mol. The molecule has 15 aromatic carbocycles. The van der Waals surface area contributed by atoms with Gasteiger partial charge in [-0.05, 0) is 185 Å². The van der Waals surface area contributed by atoms with Crippen LogP contribution in [0.25, 0.3) is 134 Å². The predicted molar refractivity (Wildman–Crippen MR) is 421 cm³/mol. The van der Waals surface area contributed by atoms with Crippen LogP contribution >= 0.6 is 0 Å². The fourth-order valence-electron chi connectivity index (χ4n) is 14.5. The van der Waals surface area contributed by atoms with E-state index in [-0.39, 0.29) is 0 Å². The van der Waals surface area contributed by atoms with Gasteiger partial charge in [-0.15, -0.1) is 0 Å². The topological polar surface area (TPSA) is 78.8 Å². The Kier molecular flexibility index (Phi) is 15.5. The molecule has 0 bridgehead atoms. The highest BCUT2D eigenvalue weighted by Crippen LogP contribution is 2.44. The van der Waals surface area contributed by atoms with Gasteiger partial charge in [0.25, 0.3) is 0 Å². The SMILES string of the molecule is N#Cc1cc(-c2nc(-c3ccccc3)nc(-c3ccccc3)n2)c(-c2ccc(-n3c4ccccc4c4cc(-c5ccc(N(c6ccccc6)c6ccccc6)cc5)ccc43)cc2)cc1-c1ccc(-n2c3ccccc3c3cc(-c4ccc(N(c5ccccc5)c5ccccc5)cc4)ccc32)cc1. The fraction of sp³-hybridized carbons (Fsp3) is 0. The van der Waals surface area contributed by atoms with Gasteiger partial charge in [-0.2, -0.15) is 5.26 Å². The minimum absolute atomic E-state index is 0.460. The van der Waals surface area contributed by atoms with E-state index in [1.807, 2.05) is 66.7 Å². The van der Waals surface area contributed by atoms with E-state index in [1.54, 1.807) is 0 Å². The largest absolute Gasteiger partial charge is 0.311 e. The summed E-state index contributed by atoms with van der Waals surface area (Å²) in [4.78, 5) is 20.2. The van der Waals surface area contributed by atoms with Crippen LogP contribution in [-0.4, -0.2) is 24.1 Å². The first-order chi connectivity index (χ1) is 50.5. The number of fused-ring (bicyclic) bond motifs is 6. The predicted octanol–water partition coefficient (Wildman–Crippen LogP) is 24.5. The summed E-state index contributed by atoms with van der Waals surface area (Å²) in [6.45, 7) is 0. The summed E-state index contributed by atoms with van der Waals surface area (Å²) in [7, 11) is 0. The zero-order valence-electron chi connectivity index (χ0n) is 55.4. The van der Waals surface area contributed by atoms with Crippen LogP contribution in [0.15, 0.2) is 376 Å². The molecule has 478 valence electrons. The van der Waals surface area contributed by atoms with Crippen molar-refractivity contribution in [2.75, 3.05) is 9.80 Å². The van der Waals surface area contributed by atoms with Crippen molar-refractivity contribution in [1.29, 1.82) is 5.26 Å². The Bertz CT molecular complexity index is 6000. The summed E-state index contributed by atoms with van der Waals surface area (Å²) in [5.41, 5.74) is 23.9. The molecule has 0 unspecified atom stereocenters. The van der Waals surface area contributed by atoms with Gasteiger partial charge < -0.3 is 18.9 Å². The highest BCUT2D eigenvalue weighted by molar-refractivity contribution is 6.12. The van der Waals surface area contributed by atoms with E-state index >= 15 is 0 Å². The summed E-state index contributed by atoms with van der Waals surface area (Å²) in [5, 5.41) is 16.0. The van der Waals surface area contributed by atoms with Gasteiger partial charge >= 0.3 is 0 Å². The molecule has 0 saturated heterocycles. The molecule has 0 aliphatic rings. The minimum Gasteiger partial charge on any atom is -0.311 e. The van der Waals surface area contributed by atoms with Gasteiger partial charge in [0.2, 0.25) is 0 Å². The Balaban J connectivity index is 0.718. The zero-order valence-corrected chi connectivity index (χ0v) is 55.4. The molecule has 0 aliphatic heterocycles. The van der Waals surface area contributed by atoms with Crippen LogP contribution in [0.2, 0.25) is 0 Å². The lowest BCUT2D eigenvalue weighted by Gasteiger charge is -2.25. The first kappa shape index (κ1) is 60.4. The average Bonchev–Trinajstić information content (AvgIpc) is 1.67. The summed E-state index contributed by atoms with van der Waals surface area (Å²) >= 11 is 0.